The van der Waals surface area contributed by atoms with Crippen molar-refractivity contribution in [3.05, 3.63) is 76.8 Å². The van der Waals surface area contributed by atoms with Gasteiger partial charge in [0.15, 0.2) is 0 Å². The van der Waals surface area contributed by atoms with E-state index in [1.807, 2.05) is 54.6 Å². The maximum atomic E-state index is 5.82. The third kappa shape index (κ3) is 4.13. The molecule has 0 aromatic heterocycles. The highest BCUT2D eigenvalue weighted by Crippen LogP contribution is 2.10. The van der Waals surface area contributed by atoms with Gasteiger partial charge in [0.25, 0.3) is 0 Å². The van der Waals surface area contributed by atoms with Crippen molar-refractivity contribution >= 4 is 17.7 Å². The maximum Gasteiger partial charge on any atom is 0.0406 e. The summed E-state index contributed by atoms with van der Waals surface area (Å²) < 4.78 is 0. The highest BCUT2D eigenvalue weighted by atomic mass is 35.5. The lowest BCUT2D eigenvalue weighted by molar-refractivity contribution is 1.48. The highest BCUT2D eigenvalue weighted by molar-refractivity contribution is 6.30. The van der Waals surface area contributed by atoms with Crippen molar-refractivity contribution in [2.75, 3.05) is 0 Å². The van der Waals surface area contributed by atoms with Crippen LogP contribution in [0.1, 0.15) is 17.5 Å². The van der Waals surface area contributed by atoms with Gasteiger partial charge in [-0.25, -0.2) is 0 Å². The molecule has 2 rings (SSSR count). The fourth-order valence-corrected chi connectivity index (χ4v) is 1.63. The summed E-state index contributed by atoms with van der Waals surface area (Å²) >= 11 is 5.82. The Balaban J connectivity index is 1.89. The van der Waals surface area contributed by atoms with Gasteiger partial charge in [0, 0.05) is 17.0 Å². The van der Waals surface area contributed by atoms with Crippen LogP contribution >= 0.6 is 11.6 Å². The van der Waals surface area contributed by atoms with E-state index in [9.17, 15) is 0 Å². The predicted molar refractivity (Wildman–Crippen MR) is 78.4 cm³/mol. The molecule has 0 heterocycles. The van der Waals surface area contributed by atoms with Gasteiger partial charge in [0.1, 0.15) is 0 Å². The molecule has 0 amide bonds. The van der Waals surface area contributed by atoms with E-state index in [0.717, 1.165) is 22.6 Å². The molecule has 0 aliphatic heterocycles. The molecule has 0 saturated heterocycles. The van der Waals surface area contributed by atoms with Crippen LogP contribution in [0.5, 0.6) is 0 Å². The zero-order chi connectivity index (χ0) is 12.6. The summed E-state index contributed by atoms with van der Waals surface area (Å²) in [4.78, 5) is 0. The Bertz CT molecular complexity index is 569. The van der Waals surface area contributed by atoms with Crippen LogP contribution in [-0.2, 0) is 0 Å². The molecule has 0 unspecified atom stereocenters. The van der Waals surface area contributed by atoms with Crippen LogP contribution in [0.2, 0.25) is 5.02 Å². The Morgan fingerprint density at radius 1 is 0.944 bits per heavy atom. The third-order valence-electron chi connectivity index (χ3n) is 2.41. The zero-order valence-electron chi connectivity index (χ0n) is 9.94. The summed E-state index contributed by atoms with van der Waals surface area (Å²) in [7, 11) is 0. The average Bonchev–Trinajstić information content (AvgIpc) is 2.42. The molecule has 0 nitrogen and oxygen atoms in total. The minimum atomic E-state index is 0.748. The van der Waals surface area contributed by atoms with Gasteiger partial charge in [0.05, 0.1) is 0 Å². The first-order valence-corrected chi connectivity index (χ1v) is 6.18. The van der Waals surface area contributed by atoms with Gasteiger partial charge in [-0.15, -0.1) is 0 Å². The van der Waals surface area contributed by atoms with Crippen molar-refractivity contribution in [3.8, 4) is 11.8 Å². The Morgan fingerprint density at radius 3 is 2.39 bits per heavy atom. The summed E-state index contributed by atoms with van der Waals surface area (Å²) in [5.74, 6) is 6.24. The Hall–Kier alpha value is -1.97. The first-order chi connectivity index (χ1) is 8.84. The number of benzene rings is 2. The summed E-state index contributed by atoms with van der Waals surface area (Å²) in [5, 5.41) is 0.760. The Labute approximate surface area is 113 Å². The van der Waals surface area contributed by atoms with E-state index >= 15 is 0 Å². The first-order valence-electron chi connectivity index (χ1n) is 5.80. The molecule has 2 aromatic rings. The van der Waals surface area contributed by atoms with Crippen LogP contribution in [-0.4, -0.2) is 0 Å². The summed E-state index contributed by atoms with van der Waals surface area (Å²) in [6, 6.07) is 17.7. The quantitative estimate of drug-likeness (QED) is 0.674. The molecule has 0 N–H and O–H groups in total. The van der Waals surface area contributed by atoms with Crippen LogP contribution < -0.4 is 0 Å². The van der Waals surface area contributed by atoms with Crippen LogP contribution in [0.4, 0.5) is 0 Å². The molecule has 0 bridgehead atoms. The normalized spacial score (nSPS) is 10.1. The maximum absolute atomic E-state index is 5.82. The van der Waals surface area contributed by atoms with E-state index in [0.29, 0.717) is 0 Å². The zero-order valence-corrected chi connectivity index (χ0v) is 10.7. The first kappa shape index (κ1) is 12.5. The smallest absolute Gasteiger partial charge is 0.0406 e. The summed E-state index contributed by atoms with van der Waals surface area (Å²) in [6.07, 6.45) is 4.85. The van der Waals surface area contributed by atoms with E-state index in [1.54, 1.807) is 0 Å². The molecule has 0 aliphatic rings. The molecule has 0 radical (unpaired) electrons. The van der Waals surface area contributed by atoms with Crippen LogP contribution in [0.15, 0.2) is 60.7 Å². The van der Waals surface area contributed by atoms with E-state index < -0.39 is 0 Å². The average molecular weight is 253 g/mol. The van der Waals surface area contributed by atoms with Crippen molar-refractivity contribution in [1.82, 2.24) is 0 Å². The Kier molecular flexibility index (Phi) is 4.64. The molecule has 0 saturated carbocycles. The molecule has 0 fully saturated rings. The topological polar surface area (TPSA) is 0 Å². The molecule has 2 aromatic carbocycles. The largest absolute Gasteiger partial charge is 0.0937 e. The molecule has 88 valence electrons. The van der Waals surface area contributed by atoms with E-state index in [2.05, 4.69) is 24.0 Å². The lowest BCUT2D eigenvalue weighted by Crippen LogP contribution is -1.71. The predicted octanol–water partition coefficient (Wildman–Crippen LogP) is 4.80. The van der Waals surface area contributed by atoms with E-state index in [-0.39, 0.29) is 0 Å². The monoisotopic (exact) mass is 252 g/mol. The molecular formula is C17H13Cl. The van der Waals surface area contributed by atoms with Crippen molar-refractivity contribution in [1.29, 1.82) is 0 Å². The molecule has 0 aliphatic carbocycles. The van der Waals surface area contributed by atoms with Gasteiger partial charge in [-0.1, -0.05) is 65.9 Å². The van der Waals surface area contributed by atoms with Crippen molar-refractivity contribution in [2.45, 2.75) is 6.42 Å². The number of hydrogen-bond acceptors (Lipinski definition) is 0. The second-order valence-electron chi connectivity index (χ2n) is 3.83. The highest BCUT2D eigenvalue weighted by Gasteiger charge is 1.86. The molecule has 0 atom stereocenters. The summed E-state index contributed by atoms with van der Waals surface area (Å²) in [6.45, 7) is 0. The Morgan fingerprint density at radius 2 is 1.67 bits per heavy atom. The van der Waals surface area contributed by atoms with E-state index in [4.69, 9.17) is 11.6 Å². The second kappa shape index (κ2) is 6.69. The van der Waals surface area contributed by atoms with E-state index in [1.165, 1.54) is 0 Å². The van der Waals surface area contributed by atoms with Gasteiger partial charge in [-0.05, 0) is 29.8 Å². The van der Waals surface area contributed by atoms with Crippen LogP contribution in [0.3, 0.4) is 0 Å². The fraction of sp³-hybridized carbons (Fsp3) is 0.0588. The second-order valence-corrected chi connectivity index (χ2v) is 4.26. The van der Waals surface area contributed by atoms with Gasteiger partial charge in [0.2, 0.25) is 0 Å². The van der Waals surface area contributed by atoms with Gasteiger partial charge < -0.3 is 0 Å². The standard InChI is InChI=1S/C17H13Cl/c18-17-13-11-16(12-14-17)10-6-2-5-9-15-7-3-1-4-8-15/h1,3-4,6-8,10-14H,2H2/b10-6+. The van der Waals surface area contributed by atoms with Crippen LogP contribution in [0, 0.1) is 11.8 Å². The van der Waals surface area contributed by atoms with Crippen molar-refractivity contribution < 1.29 is 0 Å². The fourth-order valence-electron chi connectivity index (χ4n) is 1.50. The number of halogens is 1. The molecule has 1 heteroatoms. The lowest BCUT2D eigenvalue weighted by atomic mass is 10.2. The van der Waals surface area contributed by atoms with Crippen molar-refractivity contribution in [3.63, 3.8) is 0 Å². The van der Waals surface area contributed by atoms with Gasteiger partial charge >= 0.3 is 0 Å². The summed E-state index contributed by atoms with van der Waals surface area (Å²) in [5.41, 5.74) is 2.19. The minimum absolute atomic E-state index is 0.748. The number of allylic oxidation sites excluding steroid dienone is 1. The van der Waals surface area contributed by atoms with Gasteiger partial charge in [-0.3, -0.25) is 0 Å². The number of rotatable bonds is 2. The molecule has 0 spiro atoms. The minimum Gasteiger partial charge on any atom is -0.0937 e. The lowest BCUT2D eigenvalue weighted by Gasteiger charge is -1.92. The third-order valence-corrected chi connectivity index (χ3v) is 2.66. The van der Waals surface area contributed by atoms with Crippen molar-refractivity contribution in [2.24, 2.45) is 0 Å². The van der Waals surface area contributed by atoms with Crippen LogP contribution in [0.25, 0.3) is 6.08 Å². The van der Waals surface area contributed by atoms with Gasteiger partial charge in [-0.2, -0.15) is 0 Å². The number of hydrogen-bond donors (Lipinski definition) is 0. The SMILES string of the molecule is Clc1ccc(/C=C/CC#Cc2ccccc2)cc1. The molecular weight excluding hydrogens is 240 g/mol. The molecule has 18 heavy (non-hydrogen) atoms.